The van der Waals surface area contributed by atoms with Gasteiger partial charge in [-0.2, -0.15) is 5.10 Å². The highest BCUT2D eigenvalue weighted by Crippen LogP contribution is 2.25. The minimum absolute atomic E-state index is 0.0620. The highest BCUT2D eigenvalue weighted by Gasteiger charge is 2.26. The van der Waals surface area contributed by atoms with Gasteiger partial charge >= 0.3 is 0 Å². The molecule has 9 heteroatoms. The van der Waals surface area contributed by atoms with Crippen molar-refractivity contribution in [2.24, 2.45) is 5.41 Å². The molecule has 0 saturated carbocycles. The molecule has 2 heterocycles. The van der Waals surface area contributed by atoms with Crippen LogP contribution in [0.3, 0.4) is 0 Å². The zero-order valence-electron chi connectivity index (χ0n) is 16.5. The second-order valence-corrected chi connectivity index (χ2v) is 8.34. The summed E-state index contributed by atoms with van der Waals surface area (Å²) in [6.07, 6.45) is 3.86. The summed E-state index contributed by atoms with van der Waals surface area (Å²) in [5.74, 6) is 2.00. The first-order valence-electron chi connectivity index (χ1n) is 9.37. The van der Waals surface area contributed by atoms with Crippen molar-refractivity contribution in [2.75, 3.05) is 30.0 Å². The van der Waals surface area contributed by atoms with E-state index in [0.717, 1.165) is 47.1 Å². The summed E-state index contributed by atoms with van der Waals surface area (Å²) in [4.78, 5) is 21.5. The number of alkyl halides is 1. The lowest BCUT2D eigenvalue weighted by atomic mass is 9.95. The van der Waals surface area contributed by atoms with Crippen LogP contribution in [0.1, 0.15) is 40.5 Å². The van der Waals surface area contributed by atoms with E-state index in [-0.39, 0.29) is 11.8 Å². The van der Waals surface area contributed by atoms with Crippen molar-refractivity contribution in [1.82, 2.24) is 25.1 Å². The number of aromatic nitrogens is 4. The van der Waals surface area contributed by atoms with E-state index in [4.69, 9.17) is 11.6 Å². The molecule has 150 valence electrons. The maximum Gasteiger partial charge on any atom is 0.226 e. The van der Waals surface area contributed by atoms with Crippen molar-refractivity contribution in [3.8, 4) is 0 Å². The van der Waals surface area contributed by atoms with E-state index in [0.29, 0.717) is 13.1 Å². The van der Waals surface area contributed by atoms with Gasteiger partial charge in [-0.25, -0.2) is 14.6 Å². The fourth-order valence-electron chi connectivity index (χ4n) is 2.31. The van der Waals surface area contributed by atoms with E-state index in [1.807, 2.05) is 18.5 Å². The van der Waals surface area contributed by atoms with Crippen molar-refractivity contribution in [3.05, 3.63) is 6.20 Å². The molecule has 0 saturated heterocycles. The first kappa shape index (κ1) is 21.8. The summed E-state index contributed by atoms with van der Waals surface area (Å²) < 4.78 is 1.82. The lowest BCUT2D eigenvalue weighted by molar-refractivity contribution is -0.128. The number of thioether (sulfide) groups is 1. The third-order valence-electron chi connectivity index (χ3n) is 4.01. The normalized spacial score (nSPS) is 11.7. The number of anilines is 1. The molecule has 7 nitrogen and oxygen atoms in total. The minimum Gasteiger partial charge on any atom is -0.369 e. The molecule has 2 N–H and O–H groups in total. The molecular weight excluding hydrogens is 384 g/mol. The van der Waals surface area contributed by atoms with Crippen molar-refractivity contribution < 1.29 is 4.79 Å². The largest absolute Gasteiger partial charge is 0.369 e. The van der Waals surface area contributed by atoms with Crippen molar-refractivity contribution >= 4 is 46.1 Å². The Balaban J connectivity index is 2.18. The summed E-state index contributed by atoms with van der Waals surface area (Å²) in [6.45, 7) is 9.76. The van der Waals surface area contributed by atoms with E-state index in [1.54, 1.807) is 18.0 Å². The van der Waals surface area contributed by atoms with Gasteiger partial charge in [0.05, 0.1) is 23.5 Å². The number of hydrogen-bond donors (Lipinski definition) is 2. The van der Waals surface area contributed by atoms with Gasteiger partial charge in [0, 0.05) is 24.7 Å². The standard InChI is InChI=1S/C18H29ClN6OS/c1-5-7-20-14-13-11-22-25(9-8-21-16(26)18(3,4)12-19)15(13)24-17(23-14)27-10-6-2/h11H,5-10,12H2,1-4H3,(H,21,26)(H,20,23,24). The van der Waals surface area contributed by atoms with E-state index in [2.05, 4.69) is 39.5 Å². The summed E-state index contributed by atoms with van der Waals surface area (Å²) in [6, 6.07) is 0. The van der Waals surface area contributed by atoms with Crippen LogP contribution in [0.4, 0.5) is 5.82 Å². The third-order valence-corrected chi connectivity index (χ3v) is 5.73. The molecule has 2 rings (SSSR count). The molecule has 0 unspecified atom stereocenters. The average Bonchev–Trinajstić information content (AvgIpc) is 3.07. The van der Waals surface area contributed by atoms with Crippen LogP contribution in [0, 0.1) is 5.41 Å². The maximum absolute atomic E-state index is 12.2. The summed E-state index contributed by atoms with van der Waals surface area (Å²) in [5, 5.41) is 12.4. The van der Waals surface area contributed by atoms with Gasteiger partial charge in [-0.15, -0.1) is 11.6 Å². The number of fused-ring (bicyclic) bond motifs is 1. The monoisotopic (exact) mass is 412 g/mol. The average molecular weight is 413 g/mol. The second-order valence-electron chi connectivity index (χ2n) is 7.01. The molecule has 0 spiro atoms. The second kappa shape index (κ2) is 10.1. The predicted molar refractivity (Wildman–Crippen MR) is 113 cm³/mol. The Morgan fingerprint density at radius 2 is 2.04 bits per heavy atom. The van der Waals surface area contributed by atoms with Gasteiger partial charge < -0.3 is 10.6 Å². The van der Waals surface area contributed by atoms with Crippen LogP contribution >= 0.6 is 23.4 Å². The topological polar surface area (TPSA) is 84.7 Å². The molecule has 0 atom stereocenters. The molecule has 1 amide bonds. The SMILES string of the molecule is CCCNc1nc(SCCC)nc2c1cnn2CCNC(=O)C(C)(C)CCl. The zero-order chi connectivity index (χ0) is 19.9. The minimum atomic E-state index is -0.586. The van der Waals surface area contributed by atoms with Gasteiger partial charge in [-0.05, 0) is 26.7 Å². The Bertz CT molecular complexity index is 764. The van der Waals surface area contributed by atoms with Gasteiger partial charge in [-0.1, -0.05) is 25.6 Å². The molecule has 0 radical (unpaired) electrons. The fraction of sp³-hybridized carbons (Fsp3) is 0.667. The fourth-order valence-corrected chi connectivity index (χ4v) is 3.13. The Morgan fingerprint density at radius 1 is 1.26 bits per heavy atom. The summed E-state index contributed by atoms with van der Waals surface area (Å²) in [5.41, 5.74) is 0.199. The molecule has 0 aliphatic carbocycles. The van der Waals surface area contributed by atoms with Crippen LogP contribution in [0.5, 0.6) is 0 Å². The first-order chi connectivity index (χ1) is 12.9. The lowest BCUT2D eigenvalue weighted by Crippen LogP contribution is -2.39. The van der Waals surface area contributed by atoms with Crippen LogP contribution in [0.25, 0.3) is 11.0 Å². The quantitative estimate of drug-likeness (QED) is 0.333. The molecule has 0 fully saturated rings. The molecule has 0 aliphatic rings. The predicted octanol–water partition coefficient (Wildman–Crippen LogP) is 3.53. The van der Waals surface area contributed by atoms with Gasteiger partial charge in [-0.3, -0.25) is 4.79 Å². The third kappa shape index (κ3) is 5.72. The smallest absolute Gasteiger partial charge is 0.226 e. The molecule has 0 bridgehead atoms. The molecule has 0 aromatic carbocycles. The van der Waals surface area contributed by atoms with Crippen LogP contribution in [0.15, 0.2) is 11.4 Å². The van der Waals surface area contributed by atoms with E-state index in [9.17, 15) is 4.79 Å². The zero-order valence-corrected chi connectivity index (χ0v) is 18.1. The van der Waals surface area contributed by atoms with Gasteiger partial charge in [0.25, 0.3) is 0 Å². The maximum atomic E-state index is 12.2. The number of nitrogens with one attached hydrogen (secondary N) is 2. The molecule has 2 aromatic rings. The summed E-state index contributed by atoms with van der Waals surface area (Å²) in [7, 11) is 0. The number of halogens is 1. The van der Waals surface area contributed by atoms with E-state index >= 15 is 0 Å². The number of nitrogens with zero attached hydrogens (tertiary/aromatic N) is 4. The van der Waals surface area contributed by atoms with Crippen LogP contribution in [-0.2, 0) is 11.3 Å². The molecule has 2 aromatic heterocycles. The first-order valence-corrected chi connectivity index (χ1v) is 10.9. The Kier molecular flexibility index (Phi) is 8.16. The summed E-state index contributed by atoms with van der Waals surface area (Å²) >= 11 is 7.50. The van der Waals surface area contributed by atoms with Crippen molar-refractivity contribution in [2.45, 2.75) is 52.2 Å². The Morgan fingerprint density at radius 3 is 2.70 bits per heavy atom. The highest BCUT2D eigenvalue weighted by molar-refractivity contribution is 7.99. The van der Waals surface area contributed by atoms with Crippen LogP contribution < -0.4 is 10.6 Å². The van der Waals surface area contributed by atoms with Crippen molar-refractivity contribution in [3.63, 3.8) is 0 Å². The van der Waals surface area contributed by atoms with Crippen LogP contribution in [-0.4, -0.2) is 50.4 Å². The lowest BCUT2D eigenvalue weighted by Gasteiger charge is -2.20. The number of carbonyl (C=O) groups is 1. The van der Waals surface area contributed by atoms with Gasteiger partial charge in [0.2, 0.25) is 5.91 Å². The Labute approximate surface area is 170 Å². The number of amides is 1. The number of carbonyl (C=O) groups excluding carboxylic acids is 1. The van der Waals surface area contributed by atoms with Gasteiger partial charge in [0.15, 0.2) is 10.8 Å². The van der Waals surface area contributed by atoms with E-state index < -0.39 is 5.41 Å². The molecule has 27 heavy (non-hydrogen) atoms. The molecule has 0 aliphatic heterocycles. The van der Waals surface area contributed by atoms with Gasteiger partial charge in [0.1, 0.15) is 5.82 Å². The van der Waals surface area contributed by atoms with E-state index in [1.165, 1.54) is 0 Å². The van der Waals surface area contributed by atoms with Crippen LogP contribution in [0.2, 0.25) is 0 Å². The number of rotatable bonds is 11. The molecular formula is C18H29ClN6OS. The van der Waals surface area contributed by atoms with Crippen molar-refractivity contribution in [1.29, 1.82) is 0 Å². The highest BCUT2D eigenvalue weighted by atomic mass is 35.5. The number of hydrogen-bond acceptors (Lipinski definition) is 6. The Hall–Kier alpha value is -1.54.